The standard InChI is InChI=1S/C18H13ClF3N5/c1-11-6-16(18(20,21)22)25-27(11)14-4-2-12(3-5-14)10-26-15-7-17(19)23-8-13(15)9-24-26/h2-9H,10H2,1H3. The molecule has 27 heavy (non-hydrogen) atoms. The summed E-state index contributed by atoms with van der Waals surface area (Å²) in [6, 6.07) is 9.90. The first-order valence-electron chi connectivity index (χ1n) is 8.01. The second kappa shape index (κ2) is 6.38. The zero-order valence-corrected chi connectivity index (χ0v) is 14.8. The van der Waals surface area contributed by atoms with Gasteiger partial charge in [-0.1, -0.05) is 23.7 Å². The zero-order chi connectivity index (χ0) is 19.2. The van der Waals surface area contributed by atoms with Crippen LogP contribution in [0.4, 0.5) is 13.2 Å². The molecule has 9 heteroatoms. The van der Waals surface area contributed by atoms with Crippen LogP contribution >= 0.6 is 11.6 Å². The number of hydrogen-bond donors (Lipinski definition) is 0. The first-order chi connectivity index (χ1) is 12.8. The average Bonchev–Trinajstić information content (AvgIpc) is 3.19. The quantitative estimate of drug-likeness (QED) is 0.478. The second-order valence-electron chi connectivity index (χ2n) is 6.12. The molecule has 0 saturated heterocycles. The average molecular weight is 392 g/mol. The molecule has 0 unspecified atom stereocenters. The Labute approximate surface area is 157 Å². The first kappa shape index (κ1) is 17.5. The lowest BCUT2D eigenvalue weighted by Crippen LogP contribution is -2.07. The van der Waals surface area contributed by atoms with Gasteiger partial charge in [-0.05, 0) is 30.7 Å². The number of benzene rings is 1. The van der Waals surface area contributed by atoms with Crippen molar-refractivity contribution in [3.63, 3.8) is 0 Å². The summed E-state index contributed by atoms with van der Waals surface area (Å²) in [6.45, 7) is 2.08. The number of hydrogen-bond acceptors (Lipinski definition) is 3. The van der Waals surface area contributed by atoms with E-state index in [9.17, 15) is 13.2 Å². The lowest BCUT2D eigenvalue weighted by atomic mass is 10.2. The summed E-state index contributed by atoms with van der Waals surface area (Å²) >= 11 is 5.95. The van der Waals surface area contributed by atoms with Gasteiger partial charge in [0.05, 0.1) is 23.9 Å². The Kier molecular flexibility index (Phi) is 4.15. The van der Waals surface area contributed by atoms with Gasteiger partial charge in [-0.3, -0.25) is 4.68 Å². The van der Waals surface area contributed by atoms with Crippen LogP contribution in [0, 0.1) is 6.92 Å². The predicted octanol–water partition coefficient (Wildman–Crippen LogP) is 4.65. The molecule has 0 aliphatic carbocycles. The number of nitrogens with zero attached hydrogens (tertiary/aromatic N) is 5. The molecule has 0 bridgehead atoms. The van der Waals surface area contributed by atoms with Gasteiger partial charge in [0.1, 0.15) is 5.15 Å². The van der Waals surface area contributed by atoms with E-state index >= 15 is 0 Å². The molecule has 1 aromatic carbocycles. The van der Waals surface area contributed by atoms with Crippen LogP contribution in [-0.4, -0.2) is 24.5 Å². The number of aryl methyl sites for hydroxylation is 1. The zero-order valence-electron chi connectivity index (χ0n) is 14.1. The molecule has 4 rings (SSSR count). The molecule has 0 aliphatic rings. The first-order valence-corrected chi connectivity index (χ1v) is 8.39. The molecule has 5 nitrogen and oxygen atoms in total. The predicted molar refractivity (Wildman–Crippen MR) is 94.9 cm³/mol. The van der Waals surface area contributed by atoms with Gasteiger partial charge in [-0.25, -0.2) is 9.67 Å². The van der Waals surface area contributed by atoms with Gasteiger partial charge in [0.15, 0.2) is 5.69 Å². The van der Waals surface area contributed by atoms with Crippen LogP contribution in [0.3, 0.4) is 0 Å². The Balaban J connectivity index is 1.61. The summed E-state index contributed by atoms with van der Waals surface area (Å²) < 4.78 is 41.6. The van der Waals surface area contributed by atoms with Crippen molar-refractivity contribution in [2.24, 2.45) is 0 Å². The Bertz CT molecular complexity index is 1110. The van der Waals surface area contributed by atoms with Gasteiger partial charge in [0, 0.05) is 23.3 Å². The smallest absolute Gasteiger partial charge is 0.260 e. The van der Waals surface area contributed by atoms with Gasteiger partial charge in [-0.15, -0.1) is 0 Å². The fourth-order valence-electron chi connectivity index (χ4n) is 2.86. The Hall–Kier alpha value is -2.87. The Morgan fingerprint density at radius 2 is 1.81 bits per heavy atom. The van der Waals surface area contributed by atoms with Crippen LogP contribution in [0.1, 0.15) is 17.0 Å². The number of alkyl halides is 3. The van der Waals surface area contributed by atoms with Gasteiger partial charge in [-0.2, -0.15) is 23.4 Å². The highest BCUT2D eigenvalue weighted by molar-refractivity contribution is 6.29. The van der Waals surface area contributed by atoms with Crippen LogP contribution in [-0.2, 0) is 12.7 Å². The molecule has 0 amide bonds. The molecule has 0 fully saturated rings. The van der Waals surface area contributed by atoms with Crippen LogP contribution < -0.4 is 0 Å². The van der Waals surface area contributed by atoms with Crippen LogP contribution in [0.5, 0.6) is 0 Å². The normalized spacial score (nSPS) is 12.0. The highest BCUT2D eigenvalue weighted by Gasteiger charge is 2.34. The summed E-state index contributed by atoms with van der Waals surface area (Å²) in [5, 5.41) is 9.25. The van der Waals surface area contributed by atoms with Crippen molar-refractivity contribution in [3.8, 4) is 5.69 Å². The van der Waals surface area contributed by atoms with Crippen molar-refractivity contribution < 1.29 is 13.2 Å². The minimum atomic E-state index is -4.47. The summed E-state index contributed by atoms with van der Waals surface area (Å²) in [5.74, 6) is 0. The molecule has 0 radical (unpaired) electrons. The molecule has 3 aromatic heterocycles. The van der Waals surface area contributed by atoms with Crippen molar-refractivity contribution in [2.45, 2.75) is 19.6 Å². The minimum Gasteiger partial charge on any atom is -0.260 e. The van der Waals surface area contributed by atoms with Gasteiger partial charge in [0.25, 0.3) is 0 Å². The molecule has 0 atom stereocenters. The minimum absolute atomic E-state index is 0.384. The van der Waals surface area contributed by atoms with E-state index in [0.29, 0.717) is 23.1 Å². The van der Waals surface area contributed by atoms with Crippen molar-refractivity contribution in [2.75, 3.05) is 0 Å². The maximum atomic E-state index is 12.8. The maximum Gasteiger partial charge on any atom is 0.435 e. The lowest BCUT2D eigenvalue weighted by molar-refractivity contribution is -0.141. The molecule has 138 valence electrons. The largest absolute Gasteiger partial charge is 0.435 e. The highest BCUT2D eigenvalue weighted by atomic mass is 35.5. The third kappa shape index (κ3) is 3.40. The van der Waals surface area contributed by atoms with Crippen molar-refractivity contribution >= 4 is 22.5 Å². The molecular formula is C18H13ClF3N5. The van der Waals surface area contributed by atoms with E-state index in [1.165, 1.54) is 4.68 Å². The topological polar surface area (TPSA) is 48.5 Å². The lowest BCUT2D eigenvalue weighted by Gasteiger charge is -2.08. The fraction of sp³-hybridized carbons (Fsp3) is 0.167. The Morgan fingerprint density at radius 1 is 1.07 bits per heavy atom. The molecule has 0 saturated carbocycles. The van der Waals surface area contributed by atoms with Crippen molar-refractivity contribution in [1.82, 2.24) is 24.5 Å². The summed E-state index contributed by atoms with van der Waals surface area (Å²) in [4.78, 5) is 4.02. The van der Waals surface area contributed by atoms with E-state index < -0.39 is 11.9 Å². The molecule has 0 aliphatic heterocycles. The highest BCUT2D eigenvalue weighted by Crippen LogP contribution is 2.29. The van der Waals surface area contributed by atoms with Crippen molar-refractivity contribution in [1.29, 1.82) is 0 Å². The van der Waals surface area contributed by atoms with Crippen molar-refractivity contribution in [3.05, 3.63) is 70.9 Å². The number of aromatic nitrogens is 5. The van der Waals surface area contributed by atoms with E-state index in [4.69, 9.17) is 11.6 Å². The number of rotatable bonds is 3. The molecule has 4 aromatic rings. The fourth-order valence-corrected chi connectivity index (χ4v) is 3.02. The van der Waals surface area contributed by atoms with E-state index in [-0.39, 0.29) is 0 Å². The molecule has 0 N–H and O–H groups in total. The second-order valence-corrected chi connectivity index (χ2v) is 6.50. The van der Waals surface area contributed by atoms with Crippen LogP contribution in [0.2, 0.25) is 5.15 Å². The van der Waals surface area contributed by atoms with E-state index in [1.54, 1.807) is 42.2 Å². The van der Waals surface area contributed by atoms with Gasteiger partial charge < -0.3 is 0 Å². The van der Waals surface area contributed by atoms with Crippen LogP contribution in [0.15, 0.2) is 48.8 Å². The van der Waals surface area contributed by atoms with E-state index in [2.05, 4.69) is 15.2 Å². The molecule has 3 heterocycles. The third-order valence-corrected chi connectivity index (χ3v) is 4.39. The Morgan fingerprint density at radius 3 is 2.48 bits per heavy atom. The molecular weight excluding hydrogens is 379 g/mol. The summed E-state index contributed by atoms with van der Waals surface area (Å²) in [6.07, 6.45) is -1.10. The number of halogens is 4. The number of fused-ring (bicyclic) bond motifs is 1. The summed E-state index contributed by atoms with van der Waals surface area (Å²) in [7, 11) is 0. The van der Waals surface area contributed by atoms with E-state index in [0.717, 1.165) is 22.5 Å². The van der Waals surface area contributed by atoms with Crippen LogP contribution in [0.25, 0.3) is 16.6 Å². The monoisotopic (exact) mass is 391 g/mol. The third-order valence-electron chi connectivity index (χ3n) is 4.18. The molecule has 0 spiro atoms. The van der Waals surface area contributed by atoms with Gasteiger partial charge >= 0.3 is 6.18 Å². The van der Waals surface area contributed by atoms with E-state index in [1.807, 2.05) is 12.1 Å². The SMILES string of the molecule is Cc1cc(C(F)(F)F)nn1-c1ccc(Cn2ncc3cnc(Cl)cc32)cc1. The number of pyridine rings is 1. The maximum absolute atomic E-state index is 12.8. The van der Waals surface area contributed by atoms with Gasteiger partial charge in [0.2, 0.25) is 0 Å². The summed E-state index contributed by atoms with van der Waals surface area (Å²) in [5.41, 5.74) is 1.87.